The van der Waals surface area contributed by atoms with Crippen LogP contribution in [0.4, 0.5) is 5.69 Å². The van der Waals surface area contributed by atoms with Crippen LogP contribution in [0.5, 0.6) is 5.75 Å². The minimum absolute atomic E-state index is 0.104. The molecule has 3 rings (SSSR count). The molecule has 2 aromatic carbocycles. The number of aliphatic hydroxyl groups excluding tert-OH is 1. The number of hydrogen-bond donors (Lipinski definition) is 2. The highest BCUT2D eigenvalue weighted by Gasteiger charge is 2.18. The molecular formula is C20H24N2O3. The van der Waals surface area contributed by atoms with E-state index in [0.29, 0.717) is 12.3 Å². The summed E-state index contributed by atoms with van der Waals surface area (Å²) in [6, 6.07) is 15.6. The van der Waals surface area contributed by atoms with Crippen molar-refractivity contribution < 1.29 is 14.6 Å². The van der Waals surface area contributed by atoms with E-state index in [2.05, 4.69) is 34.5 Å². The van der Waals surface area contributed by atoms with Gasteiger partial charge >= 0.3 is 0 Å². The number of ether oxygens (including phenoxy) is 1. The van der Waals surface area contributed by atoms with Crippen LogP contribution in [0.25, 0.3) is 0 Å². The molecule has 1 aliphatic rings. The van der Waals surface area contributed by atoms with Gasteiger partial charge in [0.15, 0.2) is 0 Å². The number of carbonyl (C=O) groups is 1. The summed E-state index contributed by atoms with van der Waals surface area (Å²) in [5, 5.41) is 13.0. The van der Waals surface area contributed by atoms with Crippen LogP contribution in [0.3, 0.4) is 0 Å². The van der Waals surface area contributed by atoms with Crippen molar-refractivity contribution in [1.29, 1.82) is 0 Å². The highest BCUT2D eigenvalue weighted by atomic mass is 16.5. The topological polar surface area (TPSA) is 61.8 Å². The number of anilines is 1. The zero-order chi connectivity index (χ0) is 17.6. The van der Waals surface area contributed by atoms with E-state index in [1.807, 2.05) is 0 Å². The van der Waals surface area contributed by atoms with Gasteiger partial charge in [0.2, 0.25) is 5.91 Å². The molecule has 2 aromatic rings. The maximum absolute atomic E-state index is 11.0. The molecule has 1 aliphatic heterocycles. The van der Waals surface area contributed by atoms with Gasteiger partial charge in [-0.05, 0) is 41.8 Å². The second kappa shape index (κ2) is 8.14. The van der Waals surface area contributed by atoms with Gasteiger partial charge in [-0.1, -0.05) is 24.3 Å². The van der Waals surface area contributed by atoms with Crippen molar-refractivity contribution in [1.82, 2.24) is 4.90 Å². The zero-order valence-electron chi connectivity index (χ0n) is 14.4. The Bertz CT molecular complexity index is 715. The van der Waals surface area contributed by atoms with Crippen LogP contribution >= 0.6 is 0 Å². The van der Waals surface area contributed by atoms with Gasteiger partial charge in [0.05, 0.1) is 0 Å². The summed E-state index contributed by atoms with van der Waals surface area (Å²) in [5.74, 6) is 0.573. The largest absolute Gasteiger partial charge is 0.491 e. The maximum Gasteiger partial charge on any atom is 0.221 e. The number of benzene rings is 2. The van der Waals surface area contributed by atoms with Crippen LogP contribution in [0.15, 0.2) is 48.5 Å². The number of carbonyl (C=O) groups excluding carboxylic acids is 1. The maximum atomic E-state index is 11.0. The van der Waals surface area contributed by atoms with Crippen molar-refractivity contribution in [3.05, 3.63) is 59.7 Å². The second-order valence-corrected chi connectivity index (χ2v) is 6.42. The summed E-state index contributed by atoms with van der Waals surface area (Å²) in [7, 11) is 0. The Labute approximate surface area is 148 Å². The number of nitrogens with zero attached hydrogens (tertiary/aromatic N) is 1. The third-order valence-corrected chi connectivity index (χ3v) is 4.30. The van der Waals surface area contributed by atoms with E-state index in [-0.39, 0.29) is 12.5 Å². The molecule has 0 bridgehead atoms. The molecule has 25 heavy (non-hydrogen) atoms. The summed E-state index contributed by atoms with van der Waals surface area (Å²) in [6.07, 6.45) is 0.481. The van der Waals surface area contributed by atoms with Crippen LogP contribution in [-0.4, -0.2) is 41.7 Å². The summed E-state index contributed by atoms with van der Waals surface area (Å²) >= 11 is 0. The first-order chi connectivity index (χ1) is 12.1. The molecule has 0 spiro atoms. The lowest BCUT2D eigenvalue weighted by Gasteiger charge is -2.30. The molecule has 0 aliphatic carbocycles. The van der Waals surface area contributed by atoms with Crippen molar-refractivity contribution in [2.45, 2.75) is 26.0 Å². The fraction of sp³-hybridized carbons (Fsp3) is 0.350. The van der Waals surface area contributed by atoms with Crippen LogP contribution in [0, 0.1) is 0 Å². The van der Waals surface area contributed by atoms with Crippen molar-refractivity contribution in [3.8, 4) is 5.75 Å². The third kappa shape index (κ3) is 5.05. The van der Waals surface area contributed by atoms with Gasteiger partial charge in [0, 0.05) is 32.2 Å². The quantitative estimate of drug-likeness (QED) is 0.848. The number of β-amino-alcohol motifs (C(OH)–C–C–N with tert-alkyl or cyclic N) is 1. The smallest absolute Gasteiger partial charge is 0.221 e. The van der Waals surface area contributed by atoms with Gasteiger partial charge in [0.25, 0.3) is 0 Å². The molecule has 5 nitrogen and oxygen atoms in total. The van der Waals surface area contributed by atoms with Crippen molar-refractivity contribution >= 4 is 11.6 Å². The molecule has 0 radical (unpaired) electrons. The molecule has 132 valence electrons. The Balaban J connectivity index is 1.45. The molecular weight excluding hydrogens is 316 g/mol. The predicted molar refractivity (Wildman–Crippen MR) is 97.7 cm³/mol. The van der Waals surface area contributed by atoms with Gasteiger partial charge in [-0.3, -0.25) is 9.69 Å². The summed E-state index contributed by atoms with van der Waals surface area (Å²) in [6.45, 7) is 4.15. The van der Waals surface area contributed by atoms with Crippen LogP contribution in [0.1, 0.15) is 18.1 Å². The van der Waals surface area contributed by atoms with Gasteiger partial charge in [0.1, 0.15) is 18.5 Å². The fourth-order valence-electron chi connectivity index (χ4n) is 3.09. The molecule has 1 atom stereocenters. The van der Waals surface area contributed by atoms with Gasteiger partial charge in [-0.25, -0.2) is 0 Å². The van der Waals surface area contributed by atoms with E-state index in [9.17, 15) is 9.90 Å². The molecule has 0 aromatic heterocycles. The van der Waals surface area contributed by atoms with Crippen LogP contribution < -0.4 is 10.1 Å². The Hall–Kier alpha value is -2.37. The van der Waals surface area contributed by atoms with Crippen LogP contribution in [-0.2, 0) is 17.8 Å². The Morgan fingerprint density at radius 1 is 1.20 bits per heavy atom. The van der Waals surface area contributed by atoms with Crippen molar-refractivity contribution in [3.63, 3.8) is 0 Å². The fourth-order valence-corrected chi connectivity index (χ4v) is 3.09. The summed E-state index contributed by atoms with van der Waals surface area (Å²) < 4.78 is 5.65. The zero-order valence-corrected chi connectivity index (χ0v) is 14.4. The van der Waals surface area contributed by atoms with E-state index in [4.69, 9.17) is 4.74 Å². The predicted octanol–water partition coefficient (Wildman–Crippen LogP) is 2.44. The van der Waals surface area contributed by atoms with Gasteiger partial charge < -0.3 is 15.2 Å². The number of nitrogens with one attached hydrogen (secondary N) is 1. The van der Waals surface area contributed by atoms with E-state index in [0.717, 1.165) is 25.2 Å². The molecule has 1 heterocycles. The average molecular weight is 340 g/mol. The third-order valence-electron chi connectivity index (χ3n) is 4.30. The summed E-state index contributed by atoms with van der Waals surface area (Å²) in [5.41, 5.74) is 3.48. The number of aliphatic hydroxyl groups is 1. The minimum atomic E-state index is -0.541. The molecule has 2 N–H and O–H groups in total. The SMILES string of the molecule is CC(=O)Nc1ccc(OCC(O)CN2CCc3ccccc3C2)cc1. The lowest BCUT2D eigenvalue weighted by Crippen LogP contribution is -2.38. The first kappa shape index (κ1) is 17.5. The second-order valence-electron chi connectivity index (χ2n) is 6.42. The van der Waals surface area contributed by atoms with E-state index in [1.54, 1.807) is 24.3 Å². The van der Waals surface area contributed by atoms with Crippen molar-refractivity contribution in [2.24, 2.45) is 0 Å². The van der Waals surface area contributed by atoms with E-state index in [1.165, 1.54) is 18.1 Å². The average Bonchev–Trinajstić information content (AvgIpc) is 2.60. The molecule has 0 fully saturated rings. The first-order valence-electron chi connectivity index (χ1n) is 8.58. The Kier molecular flexibility index (Phi) is 5.68. The molecule has 1 amide bonds. The number of fused-ring (bicyclic) bond motifs is 1. The molecule has 0 saturated carbocycles. The normalized spacial score (nSPS) is 15.3. The molecule has 5 heteroatoms. The van der Waals surface area contributed by atoms with Gasteiger partial charge in [-0.15, -0.1) is 0 Å². The van der Waals surface area contributed by atoms with E-state index < -0.39 is 6.10 Å². The lowest BCUT2D eigenvalue weighted by molar-refractivity contribution is -0.114. The lowest BCUT2D eigenvalue weighted by atomic mass is 10.00. The number of rotatable bonds is 6. The molecule has 1 unspecified atom stereocenters. The highest BCUT2D eigenvalue weighted by Crippen LogP contribution is 2.19. The number of amides is 1. The van der Waals surface area contributed by atoms with Gasteiger partial charge in [-0.2, -0.15) is 0 Å². The first-order valence-corrected chi connectivity index (χ1v) is 8.58. The number of hydrogen-bond acceptors (Lipinski definition) is 4. The van der Waals surface area contributed by atoms with Crippen LogP contribution in [0.2, 0.25) is 0 Å². The van der Waals surface area contributed by atoms with E-state index >= 15 is 0 Å². The molecule has 0 saturated heterocycles. The Morgan fingerprint density at radius 2 is 1.92 bits per heavy atom. The van der Waals surface area contributed by atoms with Crippen molar-refractivity contribution in [2.75, 3.05) is 25.0 Å². The standard InChI is InChI=1S/C20H24N2O3/c1-15(23)21-18-6-8-20(9-7-18)25-14-19(24)13-22-11-10-16-4-2-3-5-17(16)12-22/h2-9,19,24H,10-14H2,1H3,(H,21,23). The Morgan fingerprint density at radius 3 is 2.64 bits per heavy atom. The highest BCUT2D eigenvalue weighted by molar-refractivity contribution is 5.88. The summed E-state index contributed by atoms with van der Waals surface area (Å²) in [4.78, 5) is 13.3. The minimum Gasteiger partial charge on any atom is -0.491 e. The monoisotopic (exact) mass is 340 g/mol.